The van der Waals surface area contributed by atoms with Crippen LogP contribution in [0.15, 0.2) is 60.8 Å². The standard InChI is InChI=1S/C20H22N4O/c1-2-6-16(7-3-1)14-24-10-11-25-18(15-24)13-22-20-21-12-17-8-4-5-9-19(17)23-20/h1-9,12,18H,10-11,13-15H2,(H,21,22,23). The van der Waals surface area contributed by atoms with Gasteiger partial charge in [0.15, 0.2) is 0 Å². The normalized spacial score (nSPS) is 18.3. The van der Waals surface area contributed by atoms with E-state index < -0.39 is 0 Å². The summed E-state index contributed by atoms with van der Waals surface area (Å²) in [6.45, 7) is 4.32. The van der Waals surface area contributed by atoms with Crippen LogP contribution in [0.5, 0.6) is 0 Å². The van der Waals surface area contributed by atoms with Crippen molar-refractivity contribution in [3.8, 4) is 0 Å². The second-order valence-electron chi connectivity index (χ2n) is 6.35. The third-order valence-corrected chi connectivity index (χ3v) is 4.45. The SMILES string of the molecule is c1ccc(CN2CCOC(CNc3ncc4ccccc4n3)C2)cc1. The highest BCUT2D eigenvalue weighted by Crippen LogP contribution is 2.13. The highest BCUT2D eigenvalue weighted by molar-refractivity contribution is 5.78. The first-order valence-electron chi connectivity index (χ1n) is 8.70. The van der Waals surface area contributed by atoms with E-state index in [1.807, 2.05) is 30.5 Å². The van der Waals surface area contributed by atoms with Crippen LogP contribution in [0, 0.1) is 0 Å². The Morgan fingerprint density at radius 1 is 1.08 bits per heavy atom. The van der Waals surface area contributed by atoms with Crippen LogP contribution in [0.3, 0.4) is 0 Å². The van der Waals surface area contributed by atoms with Crippen molar-refractivity contribution in [1.82, 2.24) is 14.9 Å². The Morgan fingerprint density at radius 2 is 1.92 bits per heavy atom. The predicted molar refractivity (Wildman–Crippen MR) is 99.5 cm³/mol. The van der Waals surface area contributed by atoms with Gasteiger partial charge < -0.3 is 10.1 Å². The number of hydrogen-bond donors (Lipinski definition) is 1. The quantitative estimate of drug-likeness (QED) is 0.777. The molecule has 0 bridgehead atoms. The molecule has 0 aliphatic carbocycles. The molecule has 0 radical (unpaired) electrons. The van der Waals surface area contributed by atoms with Crippen LogP contribution in [0.4, 0.5) is 5.95 Å². The zero-order valence-corrected chi connectivity index (χ0v) is 14.1. The lowest BCUT2D eigenvalue weighted by atomic mass is 10.2. The van der Waals surface area contributed by atoms with Gasteiger partial charge in [-0.15, -0.1) is 0 Å². The lowest BCUT2D eigenvalue weighted by molar-refractivity contribution is -0.0241. The van der Waals surface area contributed by atoms with E-state index in [0.29, 0.717) is 12.5 Å². The number of nitrogens with zero attached hydrogens (tertiary/aromatic N) is 3. The summed E-state index contributed by atoms with van der Waals surface area (Å²) in [5.74, 6) is 0.655. The van der Waals surface area contributed by atoms with Crippen LogP contribution in [0.1, 0.15) is 5.56 Å². The molecule has 2 aromatic carbocycles. The number of anilines is 1. The Balaban J connectivity index is 1.34. The van der Waals surface area contributed by atoms with E-state index in [4.69, 9.17) is 4.74 Å². The largest absolute Gasteiger partial charge is 0.374 e. The van der Waals surface area contributed by atoms with Crippen molar-refractivity contribution >= 4 is 16.9 Å². The zero-order chi connectivity index (χ0) is 16.9. The molecule has 1 atom stereocenters. The molecule has 1 N–H and O–H groups in total. The van der Waals surface area contributed by atoms with Crippen molar-refractivity contribution in [2.75, 3.05) is 31.6 Å². The Morgan fingerprint density at radius 3 is 2.84 bits per heavy atom. The molecule has 128 valence electrons. The van der Waals surface area contributed by atoms with E-state index in [0.717, 1.165) is 37.1 Å². The van der Waals surface area contributed by atoms with E-state index in [2.05, 4.69) is 50.5 Å². The fourth-order valence-corrected chi connectivity index (χ4v) is 3.15. The monoisotopic (exact) mass is 334 g/mol. The van der Waals surface area contributed by atoms with E-state index in [-0.39, 0.29) is 6.10 Å². The van der Waals surface area contributed by atoms with Crippen LogP contribution >= 0.6 is 0 Å². The maximum absolute atomic E-state index is 5.90. The predicted octanol–water partition coefficient (Wildman–Crippen LogP) is 2.94. The molecule has 1 unspecified atom stereocenters. The number of rotatable bonds is 5. The molecule has 1 fully saturated rings. The van der Waals surface area contributed by atoms with Gasteiger partial charge in [0, 0.05) is 37.8 Å². The molecule has 1 saturated heterocycles. The molecule has 3 aromatic rings. The number of ether oxygens (including phenoxy) is 1. The average Bonchev–Trinajstić information content (AvgIpc) is 2.67. The van der Waals surface area contributed by atoms with Gasteiger partial charge >= 0.3 is 0 Å². The number of aromatic nitrogens is 2. The molecular formula is C20H22N4O. The van der Waals surface area contributed by atoms with Crippen molar-refractivity contribution in [1.29, 1.82) is 0 Å². The summed E-state index contributed by atoms with van der Waals surface area (Å²) in [6.07, 6.45) is 2.00. The first-order chi connectivity index (χ1) is 12.4. The molecule has 0 saturated carbocycles. The molecule has 4 rings (SSSR count). The van der Waals surface area contributed by atoms with Crippen LogP contribution in [-0.4, -0.2) is 47.2 Å². The maximum atomic E-state index is 5.90. The van der Waals surface area contributed by atoms with E-state index >= 15 is 0 Å². The summed E-state index contributed by atoms with van der Waals surface area (Å²) in [4.78, 5) is 11.4. The zero-order valence-electron chi connectivity index (χ0n) is 14.1. The van der Waals surface area contributed by atoms with Gasteiger partial charge in [-0.05, 0) is 11.6 Å². The van der Waals surface area contributed by atoms with Crippen molar-refractivity contribution < 1.29 is 4.74 Å². The summed E-state index contributed by atoms with van der Waals surface area (Å²) in [5, 5.41) is 4.37. The molecule has 5 heteroatoms. The first-order valence-corrected chi connectivity index (χ1v) is 8.70. The third kappa shape index (κ3) is 4.13. The minimum absolute atomic E-state index is 0.146. The minimum atomic E-state index is 0.146. The molecule has 0 amide bonds. The Bertz CT molecular complexity index is 824. The molecule has 5 nitrogen and oxygen atoms in total. The van der Waals surface area contributed by atoms with Gasteiger partial charge in [0.05, 0.1) is 18.2 Å². The number of nitrogens with one attached hydrogen (secondary N) is 1. The van der Waals surface area contributed by atoms with Gasteiger partial charge in [-0.25, -0.2) is 9.97 Å². The summed E-state index contributed by atoms with van der Waals surface area (Å²) in [6, 6.07) is 18.6. The van der Waals surface area contributed by atoms with Crippen LogP contribution in [-0.2, 0) is 11.3 Å². The van der Waals surface area contributed by atoms with Gasteiger partial charge in [-0.3, -0.25) is 4.90 Å². The third-order valence-electron chi connectivity index (χ3n) is 4.45. The Labute approximate surface area is 147 Å². The van der Waals surface area contributed by atoms with Crippen LogP contribution in [0.2, 0.25) is 0 Å². The fourth-order valence-electron chi connectivity index (χ4n) is 3.15. The lowest BCUT2D eigenvalue weighted by Crippen LogP contribution is -2.44. The van der Waals surface area contributed by atoms with Crippen molar-refractivity contribution in [3.63, 3.8) is 0 Å². The number of benzene rings is 2. The van der Waals surface area contributed by atoms with Crippen LogP contribution in [0.25, 0.3) is 10.9 Å². The van der Waals surface area contributed by atoms with Crippen LogP contribution < -0.4 is 5.32 Å². The average molecular weight is 334 g/mol. The topological polar surface area (TPSA) is 50.3 Å². The molecule has 0 spiro atoms. The van der Waals surface area contributed by atoms with Gasteiger partial charge in [-0.2, -0.15) is 0 Å². The molecular weight excluding hydrogens is 312 g/mol. The van der Waals surface area contributed by atoms with Crippen molar-refractivity contribution in [2.45, 2.75) is 12.6 Å². The minimum Gasteiger partial charge on any atom is -0.374 e. The Kier molecular flexibility index (Phi) is 4.86. The summed E-state index contributed by atoms with van der Waals surface area (Å²) in [5.41, 5.74) is 2.30. The maximum Gasteiger partial charge on any atom is 0.223 e. The number of para-hydroxylation sites is 1. The van der Waals surface area contributed by atoms with Gasteiger partial charge in [0.25, 0.3) is 0 Å². The summed E-state index contributed by atoms with van der Waals surface area (Å²) >= 11 is 0. The van der Waals surface area contributed by atoms with E-state index in [1.165, 1.54) is 5.56 Å². The molecule has 25 heavy (non-hydrogen) atoms. The number of fused-ring (bicyclic) bond motifs is 1. The highest BCUT2D eigenvalue weighted by atomic mass is 16.5. The molecule has 1 aromatic heterocycles. The van der Waals surface area contributed by atoms with Crippen molar-refractivity contribution in [3.05, 3.63) is 66.4 Å². The van der Waals surface area contributed by atoms with Gasteiger partial charge in [0.1, 0.15) is 0 Å². The van der Waals surface area contributed by atoms with Crippen molar-refractivity contribution in [2.24, 2.45) is 0 Å². The Hall–Kier alpha value is -2.50. The number of morpholine rings is 1. The smallest absolute Gasteiger partial charge is 0.223 e. The van der Waals surface area contributed by atoms with Gasteiger partial charge in [0.2, 0.25) is 5.95 Å². The lowest BCUT2D eigenvalue weighted by Gasteiger charge is -2.33. The van der Waals surface area contributed by atoms with E-state index in [1.54, 1.807) is 0 Å². The fraction of sp³-hybridized carbons (Fsp3) is 0.300. The molecule has 1 aliphatic heterocycles. The molecule has 1 aliphatic rings. The van der Waals surface area contributed by atoms with E-state index in [9.17, 15) is 0 Å². The summed E-state index contributed by atoms with van der Waals surface area (Å²) < 4.78 is 5.90. The highest BCUT2D eigenvalue weighted by Gasteiger charge is 2.20. The second-order valence-corrected chi connectivity index (χ2v) is 6.35. The summed E-state index contributed by atoms with van der Waals surface area (Å²) in [7, 11) is 0. The first kappa shape index (κ1) is 16.0. The second kappa shape index (κ2) is 7.59. The molecule has 2 heterocycles. The van der Waals surface area contributed by atoms with Gasteiger partial charge in [-0.1, -0.05) is 48.5 Å². The number of hydrogen-bond acceptors (Lipinski definition) is 5.